The Morgan fingerprint density at radius 2 is 2.41 bits per heavy atom. The van der Waals surface area contributed by atoms with E-state index in [-0.39, 0.29) is 18.9 Å². The predicted octanol–water partition coefficient (Wildman–Crippen LogP) is 0.603. The quantitative estimate of drug-likeness (QED) is 0.859. The highest BCUT2D eigenvalue weighted by Gasteiger charge is 2.32. The minimum absolute atomic E-state index is 0.0741. The fourth-order valence-corrected chi connectivity index (χ4v) is 2.44. The van der Waals surface area contributed by atoms with Crippen LogP contribution in [0.5, 0.6) is 0 Å². The van der Waals surface area contributed by atoms with E-state index in [1.807, 2.05) is 16.8 Å². The first-order valence-electron chi connectivity index (χ1n) is 5.29. The van der Waals surface area contributed by atoms with E-state index in [1.54, 1.807) is 0 Å². The van der Waals surface area contributed by atoms with Crippen molar-refractivity contribution in [3.8, 4) is 0 Å². The van der Waals surface area contributed by atoms with Gasteiger partial charge in [-0.25, -0.2) is 4.79 Å². The molecule has 1 aliphatic rings. The van der Waals surface area contributed by atoms with Crippen molar-refractivity contribution >= 4 is 23.2 Å². The maximum absolute atomic E-state index is 12.0. The number of carbonyl (C=O) groups is 2. The number of hydrogen-bond donors (Lipinski definition) is 1. The summed E-state index contributed by atoms with van der Waals surface area (Å²) in [4.78, 5) is 24.4. The molecule has 1 amide bonds. The summed E-state index contributed by atoms with van der Waals surface area (Å²) < 4.78 is 5.09. The van der Waals surface area contributed by atoms with Crippen LogP contribution in [0.1, 0.15) is 5.56 Å². The second-order valence-electron chi connectivity index (χ2n) is 3.82. The maximum Gasteiger partial charge on any atom is 0.328 e. The van der Waals surface area contributed by atoms with Gasteiger partial charge in [0.15, 0.2) is 6.04 Å². The van der Waals surface area contributed by atoms with E-state index in [1.165, 1.54) is 16.2 Å². The van der Waals surface area contributed by atoms with Crippen LogP contribution in [-0.2, 0) is 20.7 Å². The molecule has 1 atom stereocenters. The molecule has 0 aliphatic carbocycles. The van der Waals surface area contributed by atoms with Crippen LogP contribution in [0, 0.1) is 0 Å². The minimum atomic E-state index is -1.01. The second kappa shape index (κ2) is 5.29. The van der Waals surface area contributed by atoms with Gasteiger partial charge in [-0.15, -0.1) is 0 Å². The lowest BCUT2D eigenvalue weighted by atomic mass is 10.1. The van der Waals surface area contributed by atoms with Gasteiger partial charge in [0.25, 0.3) is 0 Å². The Labute approximate surface area is 103 Å². The summed E-state index contributed by atoms with van der Waals surface area (Å²) in [5.41, 5.74) is 0.927. The average molecular weight is 255 g/mol. The second-order valence-corrected chi connectivity index (χ2v) is 4.60. The lowest BCUT2D eigenvalue weighted by molar-refractivity contribution is -0.158. The highest BCUT2D eigenvalue weighted by Crippen LogP contribution is 2.12. The molecule has 5 nitrogen and oxygen atoms in total. The van der Waals surface area contributed by atoms with Crippen molar-refractivity contribution in [3.05, 3.63) is 22.4 Å². The van der Waals surface area contributed by atoms with Crippen LogP contribution in [0.15, 0.2) is 16.8 Å². The molecule has 6 heteroatoms. The molecule has 1 aromatic rings. The molecule has 0 radical (unpaired) electrons. The van der Waals surface area contributed by atoms with Crippen molar-refractivity contribution in [2.24, 2.45) is 0 Å². The molecule has 0 bridgehead atoms. The lowest BCUT2D eigenvalue weighted by Gasteiger charge is -2.32. The van der Waals surface area contributed by atoms with E-state index in [0.29, 0.717) is 13.2 Å². The highest BCUT2D eigenvalue weighted by molar-refractivity contribution is 7.07. The van der Waals surface area contributed by atoms with Gasteiger partial charge in [0.2, 0.25) is 5.91 Å². The summed E-state index contributed by atoms with van der Waals surface area (Å²) in [5.74, 6) is -1.16. The standard InChI is InChI=1S/C11H13NO4S/c13-10(5-8-1-4-17-7-8)12-2-3-16-6-9(12)11(14)15/h1,4,7,9H,2-3,5-6H2,(H,14,15). The summed E-state index contributed by atoms with van der Waals surface area (Å²) in [6, 6.07) is 1.02. The number of carboxylic acid groups (broad SMARTS) is 1. The number of aliphatic carboxylic acids is 1. The summed E-state index contributed by atoms with van der Waals surface area (Å²) in [7, 11) is 0. The fourth-order valence-electron chi connectivity index (χ4n) is 1.78. The molecular weight excluding hydrogens is 242 g/mol. The first-order valence-corrected chi connectivity index (χ1v) is 6.24. The van der Waals surface area contributed by atoms with Gasteiger partial charge in [-0.2, -0.15) is 11.3 Å². The Kier molecular flexibility index (Phi) is 3.75. The summed E-state index contributed by atoms with van der Waals surface area (Å²) >= 11 is 1.52. The van der Waals surface area contributed by atoms with Crippen LogP contribution in [0.3, 0.4) is 0 Å². The summed E-state index contributed by atoms with van der Waals surface area (Å²) in [6.45, 7) is 0.823. The zero-order valence-electron chi connectivity index (χ0n) is 9.17. The summed E-state index contributed by atoms with van der Waals surface area (Å²) in [5, 5.41) is 12.8. The van der Waals surface area contributed by atoms with E-state index in [2.05, 4.69) is 0 Å². The van der Waals surface area contributed by atoms with Crippen molar-refractivity contribution in [1.82, 2.24) is 4.90 Å². The smallest absolute Gasteiger partial charge is 0.328 e. The Morgan fingerprint density at radius 3 is 3.06 bits per heavy atom. The molecule has 92 valence electrons. The molecule has 0 saturated carbocycles. The lowest BCUT2D eigenvalue weighted by Crippen LogP contribution is -2.53. The number of amides is 1. The zero-order chi connectivity index (χ0) is 12.3. The van der Waals surface area contributed by atoms with Gasteiger partial charge in [0, 0.05) is 6.54 Å². The number of carboxylic acids is 1. The van der Waals surface area contributed by atoms with Crippen LogP contribution in [0.25, 0.3) is 0 Å². The minimum Gasteiger partial charge on any atom is -0.480 e. The first-order chi connectivity index (χ1) is 8.18. The zero-order valence-corrected chi connectivity index (χ0v) is 9.98. The van der Waals surface area contributed by atoms with Crippen LogP contribution >= 0.6 is 11.3 Å². The molecule has 1 fully saturated rings. The van der Waals surface area contributed by atoms with E-state index >= 15 is 0 Å². The third-order valence-electron chi connectivity index (χ3n) is 2.67. The Hall–Kier alpha value is -1.40. The Bertz CT molecular complexity index is 404. The SMILES string of the molecule is O=C(O)C1COCCN1C(=O)Cc1ccsc1. The molecule has 1 N–H and O–H groups in total. The molecule has 1 aliphatic heterocycles. The normalized spacial score (nSPS) is 20.2. The van der Waals surface area contributed by atoms with Crippen molar-refractivity contribution in [2.75, 3.05) is 19.8 Å². The molecular formula is C11H13NO4S. The monoisotopic (exact) mass is 255 g/mol. The average Bonchev–Trinajstić information content (AvgIpc) is 2.81. The van der Waals surface area contributed by atoms with Crippen LogP contribution < -0.4 is 0 Å². The molecule has 17 heavy (non-hydrogen) atoms. The first kappa shape index (κ1) is 12.1. The Balaban J connectivity index is 2.03. The van der Waals surface area contributed by atoms with Gasteiger partial charge in [-0.3, -0.25) is 4.79 Å². The van der Waals surface area contributed by atoms with Gasteiger partial charge < -0.3 is 14.7 Å². The van der Waals surface area contributed by atoms with E-state index < -0.39 is 12.0 Å². The van der Waals surface area contributed by atoms with Gasteiger partial charge in [-0.1, -0.05) is 0 Å². The maximum atomic E-state index is 12.0. The number of morpholine rings is 1. The number of ether oxygens (including phenoxy) is 1. The number of carbonyl (C=O) groups excluding carboxylic acids is 1. The van der Waals surface area contributed by atoms with E-state index in [4.69, 9.17) is 9.84 Å². The number of rotatable bonds is 3. The molecule has 0 aromatic carbocycles. The third-order valence-corrected chi connectivity index (χ3v) is 3.40. The largest absolute Gasteiger partial charge is 0.480 e. The van der Waals surface area contributed by atoms with Crippen molar-refractivity contribution in [3.63, 3.8) is 0 Å². The number of thiophene rings is 1. The van der Waals surface area contributed by atoms with Crippen molar-refractivity contribution < 1.29 is 19.4 Å². The van der Waals surface area contributed by atoms with Crippen LogP contribution in [0.2, 0.25) is 0 Å². The van der Waals surface area contributed by atoms with Crippen molar-refractivity contribution in [2.45, 2.75) is 12.5 Å². The molecule has 0 spiro atoms. The molecule has 1 aromatic heterocycles. The third kappa shape index (κ3) is 2.83. The molecule has 2 heterocycles. The molecule has 1 unspecified atom stereocenters. The fraction of sp³-hybridized carbons (Fsp3) is 0.455. The topological polar surface area (TPSA) is 66.8 Å². The van der Waals surface area contributed by atoms with E-state index in [9.17, 15) is 9.59 Å². The van der Waals surface area contributed by atoms with Gasteiger partial charge in [0.1, 0.15) is 0 Å². The summed E-state index contributed by atoms with van der Waals surface area (Å²) in [6.07, 6.45) is 0.257. The molecule has 1 saturated heterocycles. The van der Waals surface area contributed by atoms with Gasteiger partial charge in [-0.05, 0) is 22.4 Å². The van der Waals surface area contributed by atoms with Crippen molar-refractivity contribution in [1.29, 1.82) is 0 Å². The highest BCUT2D eigenvalue weighted by atomic mass is 32.1. The van der Waals surface area contributed by atoms with Gasteiger partial charge in [0.05, 0.1) is 19.6 Å². The predicted molar refractivity (Wildman–Crippen MR) is 62.0 cm³/mol. The molecule has 2 rings (SSSR count). The van der Waals surface area contributed by atoms with Crippen LogP contribution in [-0.4, -0.2) is 47.7 Å². The number of hydrogen-bond acceptors (Lipinski definition) is 4. The van der Waals surface area contributed by atoms with E-state index in [0.717, 1.165) is 5.56 Å². The van der Waals surface area contributed by atoms with Crippen LogP contribution in [0.4, 0.5) is 0 Å². The number of nitrogens with zero attached hydrogens (tertiary/aromatic N) is 1. The van der Waals surface area contributed by atoms with Gasteiger partial charge >= 0.3 is 5.97 Å². The Morgan fingerprint density at radius 1 is 1.59 bits per heavy atom.